The molecule has 6 aromatic rings. The van der Waals surface area contributed by atoms with Crippen molar-refractivity contribution in [3.63, 3.8) is 0 Å². The second-order valence-electron chi connectivity index (χ2n) is 15.7. The first-order chi connectivity index (χ1) is 30.1. The number of hydrogen-bond donors (Lipinski definition) is 2. The Labute approximate surface area is 370 Å². The minimum Gasteiger partial charge on any atom is -0.375 e. The number of carbonyl (C=O) groups excluding carboxylic acids is 3. The summed E-state index contributed by atoms with van der Waals surface area (Å²) in [6.45, 7) is 11.1. The number of anilines is 3. The summed E-state index contributed by atoms with van der Waals surface area (Å²) in [6, 6.07) is 36.1. The number of benzene rings is 3. The number of hydrogen-bond acceptors (Lipinski definition) is 9. The second-order valence-corrected chi connectivity index (χ2v) is 15.7. The highest BCUT2D eigenvalue weighted by molar-refractivity contribution is 5.95. The summed E-state index contributed by atoms with van der Waals surface area (Å²) >= 11 is 0. The summed E-state index contributed by atoms with van der Waals surface area (Å²) in [5, 5.41) is 13.3. The number of rotatable bonds is 5. The zero-order chi connectivity index (χ0) is 45.7. The van der Waals surface area contributed by atoms with Gasteiger partial charge in [-0.3, -0.25) is 19.3 Å². The van der Waals surface area contributed by atoms with Crippen molar-refractivity contribution in [1.29, 1.82) is 0 Å². The fourth-order valence-corrected chi connectivity index (χ4v) is 4.76. The Balaban J connectivity index is 0.000000208. The van der Waals surface area contributed by atoms with Crippen LogP contribution in [0.1, 0.15) is 75.1 Å². The van der Waals surface area contributed by atoms with Crippen LogP contribution in [0.5, 0.6) is 0 Å². The lowest BCUT2D eigenvalue weighted by molar-refractivity contribution is -0.125. The van der Waals surface area contributed by atoms with E-state index in [-0.39, 0.29) is 24.3 Å². The van der Waals surface area contributed by atoms with Crippen LogP contribution in [0.15, 0.2) is 134 Å². The molecule has 12 heteroatoms. The summed E-state index contributed by atoms with van der Waals surface area (Å²) in [6.07, 6.45) is 4.88. The molecule has 3 aromatic heterocycles. The van der Waals surface area contributed by atoms with Crippen molar-refractivity contribution in [2.75, 3.05) is 36.3 Å². The standard InChI is InChI=1S/C18H19N3O.C17H17N3O.C16H14N2O2/c1-18(2,3)16(22)21(4)17-19-12-15(13-20-17)11-10-14-8-6-5-7-9-14;1-17(2,3)16(21)18-15-12-11-14(19-20-15)10-9-13-7-5-4-6-8-13;1-20-12-16(19)18-15-10-9-14(11-17-15)8-7-13-5-3-2-4-6-13/h5-9,12-13H,1-4H3;4-8,11-12H,1-3H3,(H,18,20,21);2-6,9-11H,12H2,1H3,(H,17,18,19). The SMILES string of the molecule is CC(C)(C)C(=O)Nc1ccc(C#Cc2ccccc2)nn1.CN(C(=O)C(C)(C)C)c1ncc(C#Cc2ccccc2)cn1.COCC(=O)Nc1ccc(C#Cc2ccccc2)cn1. The molecule has 0 aliphatic rings. The summed E-state index contributed by atoms with van der Waals surface area (Å²) in [4.78, 5) is 49.3. The molecule has 0 radical (unpaired) electrons. The number of carbonyl (C=O) groups is 3. The van der Waals surface area contributed by atoms with Gasteiger partial charge in [-0.05, 0) is 66.6 Å². The van der Waals surface area contributed by atoms with Crippen molar-refractivity contribution < 1.29 is 19.1 Å². The molecule has 12 nitrogen and oxygen atoms in total. The van der Waals surface area contributed by atoms with Gasteiger partial charge in [0.2, 0.25) is 17.8 Å². The minimum atomic E-state index is -0.468. The molecule has 3 aromatic carbocycles. The van der Waals surface area contributed by atoms with E-state index in [2.05, 4.69) is 71.3 Å². The molecule has 0 bridgehead atoms. The van der Waals surface area contributed by atoms with E-state index < -0.39 is 10.8 Å². The molecule has 0 saturated carbocycles. The maximum absolute atomic E-state index is 12.2. The van der Waals surface area contributed by atoms with Gasteiger partial charge in [-0.2, -0.15) is 0 Å². The van der Waals surface area contributed by atoms with Gasteiger partial charge in [0.25, 0.3) is 5.91 Å². The summed E-state index contributed by atoms with van der Waals surface area (Å²) in [7, 11) is 3.15. The van der Waals surface area contributed by atoms with Crippen LogP contribution in [-0.2, 0) is 19.1 Å². The van der Waals surface area contributed by atoms with Crippen LogP contribution in [0.4, 0.5) is 17.6 Å². The quantitative estimate of drug-likeness (QED) is 0.166. The molecule has 2 N–H and O–H groups in total. The van der Waals surface area contributed by atoms with E-state index in [1.54, 1.807) is 43.8 Å². The first kappa shape index (κ1) is 47.7. The molecule has 318 valence electrons. The van der Waals surface area contributed by atoms with E-state index in [4.69, 9.17) is 4.74 Å². The van der Waals surface area contributed by atoms with E-state index in [0.29, 0.717) is 28.8 Å². The largest absolute Gasteiger partial charge is 0.375 e. The predicted octanol–water partition coefficient (Wildman–Crippen LogP) is 7.81. The van der Waals surface area contributed by atoms with E-state index in [1.165, 1.54) is 12.0 Å². The fraction of sp³-hybridized carbons (Fsp3) is 0.216. The average molecular weight is 839 g/mol. The van der Waals surface area contributed by atoms with Gasteiger partial charge in [0.15, 0.2) is 5.82 Å². The number of nitrogens with one attached hydrogen (secondary N) is 2. The third kappa shape index (κ3) is 17.3. The van der Waals surface area contributed by atoms with Gasteiger partial charge in [0.05, 0.1) is 5.56 Å². The van der Waals surface area contributed by atoms with Crippen LogP contribution >= 0.6 is 0 Å². The minimum absolute atomic E-state index is 0.0112. The van der Waals surface area contributed by atoms with Gasteiger partial charge in [-0.25, -0.2) is 15.0 Å². The second kappa shape index (κ2) is 23.7. The van der Waals surface area contributed by atoms with Gasteiger partial charge in [-0.15, -0.1) is 10.2 Å². The summed E-state index contributed by atoms with van der Waals surface area (Å²) < 4.78 is 4.72. The maximum Gasteiger partial charge on any atom is 0.251 e. The van der Waals surface area contributed by atoms with Crippen molar-refractivity contribution >= 4 is 35.3 Å². The van der Waals surface area contributed by atoms with Gasteiger partial charge < -0.3 is 15.4 Å². The molecule has 3 amide bonds. The predicted molar refractivity (Wildman–Crippen MR) is 247 cm³/mol. The number of amides is 3. The number of methoxy groups -OCH3 is 1. The zero-order valence-corrected chi connectivity index (χ0v) is 36.7. The Morgan fingerprint density at radius 2 is 1.02 bits per heavy atom. The third-order valence-electron chi connectivity index (χ3n) is 8.14. The third-order valence-corrected chi connectivity index (χ3v) is 8.14. The molecule has 0 spiro atoms. The first-order valence-electron chi connectivity index (χ1n) is 19.8. The van der Waals surface area contributed by atoms with Gasteiger partial charge >= 0.3 is 0 Å². The van der Waals surface area contributed by atoms with Crippen LogP contribution in [0.2, 0.25) is 0 Å². The molecule has 0 unspecified atom stereocenters. The molecule has 0 aliphatic carbocycles. The Kier molecular flexibility index (Phi) is 18.0. The molecular formula is C51H50N8O4. The van der Waals surface area contributed by atoms with Gasteiger partial charge in [0, 0.05) is 65.8 Å². The molecule has 6 rings (SSSR count). The highest BCUT2D eigenvalue weighted by Gasteiger charge is 2.27. The smallest absolute Gasteiger partial charge is 0.251 e. The lowest BCUT2D eigenvalue weighted by Crippen LogP contribution is -2.37. The van der Waals surface area contributed by atoms with Crippen molar-refractivity contribution in [2.45, 2.75) is 41.5 Å². The molecule has 3 heterocycles. The molecule has 0 atom stereocenters. The molecule has 63 heavy (non-hydrogen) atoms. The maximum atomic E-state index is 12.2. The number of nitrogens with zero attached hydrogens (tertiary/aromatic N) is 6. The molecule has 0 fully saturated rings. The van der Waals surface area contributed by atoms with E-state index >= 15 is 0 Å². The van der Waals surface area contributed by atoms with E-state index in [0.717, 1.165) is 22.3 Å². The average Bonchev–Trinajstić information content (AvgIpc) is 3.28. The van der Waals surface area contributed by atoms with E-state index in [9.17, 15) is 14.4 Å². The highest BCUT2D eigenvalue weighted by atomic mass is 16.5. The van der Waals surface area contributed by atoms with Gasteiger partial charge in [-0.1, -0.05) is 126 Å². The monoisotopic (exact) mass is 838 g/mol. The van der Waals surface area contributed by atoms with Crippen molar-refractivity contribution in [3.8, 4) is 35.5 Å². The Bertz CT molecular complexity index is 2590. The molecule has 0 aliphatic heterocycles. The van der Waals surface area contributed by atoms with Gasteiger partial charge in [0.1, 0.15) is 18.1 Å². The fourth-order valence-electron chi connectivity index (χ4n) is 4.76. The van der Waals surface area contributed by atoms with Crippen LogP contribution < -0.4 is 15.5 Å². The lowest BCUT2D eigenvalue weighted by Gasteiger charge is -2.24. The summed E-state index contributed by atoms with van der Waals surface area (Å²) in [5.74, 6) is 19.0. The zero-order valence-electron chi connectivity index (χ0n) is 36.7. The van der Waals surface area contributed by atoms with E-state index in [1.807, 2.05) is 139 Å². The van der Waals surface area contributed by atoms with Crippen molar-refractivity contribution in [1.82, 2.24) is 25.1 Å². The molecule has 0 saturated heterocycles. The molecular weight excluding hydrogens is 789 g/mol. The number of ether oxygens (including phenoxy) is 1. The van der Waals surface area contributed by atoms with Crippen LogP contribution in [-0.4, -0.2) is 63.6 Å². The highest BCUT2D eigenvalue weighted by Crippen LogP contribution is 2.19. The van der Waals surface area contributed by atoms with Crippen LogP contribution in [0.3, 0.4) is 0 Å². The lowest BCUT2D eigenvalue weighted by atomic mass is 9.95. The Morgan fingerprint density at radius 3 is 1.46 bits per heavy atom. The summed E-state index contributed by atoms with van der Waals surface area (Å²) in [5.41, 5.74) is 3.94. The number of pyridine rings is 1. The first-order valence-corrected chi connectivity index (χ1v) is 19.8. The topological polar surface area (TPSA) is 152 Å². The Hall–Kier alpha value is -7.98. The normalized spacial score (nSPS) is 10.2. The van der Waals surface area contributed by atoms with Crippen molar-refractivity contribution in [3.05, 3.63) is 167 Å². The number of aromatic nitrogens is 5. The van der Waals surface area contributed by atoms with Crippen LogP contribution in [0, 0.1) is 46.4 Å². The van der Waals surface area contributed by atoms with Crippen molar-refractivity contribution in [2.24, 2.45) is 10.8 Å². The van der Waals surface area contributed by atoms with Crippen LogP contribution in [0.25, 0.3) is 0 Å². The Morgan fingerprint density at radius 1 is 0.540 bits per heavy atom.